The van der Waals surface area contributed by atoms with Crippen molar-refractivity contribution >= 4 is 29.2 Å². The third-order valence-electron chi connectivity index (χ3n) is 5.47. The highest BCUT2D eigenvalue weighted by molar-refractivity contribution is 6.05. The fourth-order valence-electron chi connectivity index (χ4n) is 3.85. The molecule has 1 saturated heterocycles. The number of hydrogen-bond acceptors (Lipinski definition) is 5. The number of esters is 1. The Balaban J connectivity index is 1.37. The van der Waals surface area contributed by atoms with Crippen molar-refractivity contribution in [1.82, 2.24) is 4.90 Å². The van der Waals surface area contributed by atoms with Gasteiger partial charge in [-0.3, -0.25) is 9.59 Å². The molecule has 0 radical (unpaired) electrons. The molecule has 2 aromatic rings. The normalized spacial score (nSPS) is 17.1. The maximum Gasteiger partial charge on any atom is 0.338 e. The highest BCUT2D eigenvalue weighted by Gasteiger charge is 2.36. The Morgan fingerprint density at radius 3 is 2.87 bits per heavy atom. The molecule has 1 fully saturated rings. The lowest BCUT2D eigenvalue weighted by molar-refractivity contribution is -0.133. The summed E-state index contributed by atoms with van der Waals surface area (Å²) in [5.41, 5.74) is 2.08. The van der Waals surface area contributed by atoms with E-state index in [9.17, 15) is 18.8 Å². The third-order valence-corrected chi connectivity index (χ3v) is 5.47. The number of likely N-dealkylation sites (N-methyl/N-ethyl adjacent to an activating group) is 1. The zero-order valence-electron chi connectivity index (χ0n) is 16.6. The molecule has 2 aliphatic rings. The summed E-state index contributed by atoms with van der Waals surface area (Å²) in [5.74, 6) is -1.58. The molecule has 2 heterocycles. The van der Waals surface area contributed by atoms with Crippen molar-refractivity contribution in [3.8, 4) is 0 Å². The van der Waals surface area contributed by atoms with Crippen LogP contribution < -0.4 is 10.2 Å². The fraction of sp³-hybridized carbons (Fsp3) is 0.318. The second kappa shape index (κ2) is 8.14. The van der Waals surface area contributed by atoms with Crippen molar-refractivity contribution in [2.24, 2.45) is 0 Å². The molecule has 156 valence electrons. The van der Waals surface area contributed by atoms with Gasteiger partial charge in [0.25, 0.3) is 5.91 Å². The molecule has 0 saturated carbocycles. The lowest BCUT2D eigenvalue weighted by atomic mass is 10.1. The second-order valence-electron chi connectivity index (χ2n) is 7.49. The molecule has 0 aliphatic carbocycles. The van der Waals surface area contributed by atoms with Gasteiger partial charge in [0.15, 0.2) is 6.61 Å². The number of carbonyl (C=O) groups excluding carboxylic acids is 3. The number of rotatable bonds is 5. The van der Waals surface area contributed by atoms with Gasteiger partial charge in [0.2, 0.25) is 5.91 Å². The summed E-state index contributed by atoms with van der Waals surface area (Å²) in [7, 11) is 1.52. The van der Waals surface area contributed by atoms with E-state index in [0.717, 1.165) is 25.1 Å². The third kappa shape index (κ3) is 3.85. The molecule has 1 N–H and O–H groups in total. The molecule has 8 heteroatoms. The zero-order chi connectivity index (χ0) is 21.3. The molecule has 0 bridgehead atoms. The molecule has 2 aliphatic heterocycles. The van der Waals surface area contributed by atoms with Gasteiger partial charge in [-0.05, 0) is 37.1 Å². The minimum Gasteiger partial charge on any atom is -0.452 e. The maximum absolute atomic E-state index is 13.7. The van der Waals surface area contributed by atoms with Crippen molar-refractivity contribution in [3.63, 3.8) is 0 Å². The van der Waals surface area contributed by atoms with Crippen LogP contribution in [0.2, 0.25) is 0 Å². The zero-order valence-corrected chi connectivity index (χ0v) is 16.6. The molecule has 2 aromatic carbocycles. The molecule has 0 unspecified atom stereocenters. The standard InChI is InChI=1S/C22H22FN3O4/c1-25(12-15-5-2-3-6-16(15)23)20(27)13-30-22(29)14-8-9-18-17(11-14)24-21(28)19-7-4-10-26(18)19/h2-3,5-6,8-9,11,19H,4,7,10,12-13H2,1H3,(H,24,28)/t19-/m1/s1. The van der Waals surface area contributed by atoms with Crippen LogP contribution in [0.25, 0.3) is 0 Å². The molecule has 0 spiro atoms. The molecule has 2 amide bonds. The van der Waals surface area contributed by atoms with E-state index >= 15 is 0 Å². The summed E-state index contributed by atoms with van der Waals surface area (Å²) >= 11 is 0. The first-order valence-electron chi connectivity index (χ1n) is 9.80. The molecule has 4 rings (SSSR count). The summed E-state index contributed by atoms with van der Waals surface area (Å²) in [6, 6.07) is 11.0. The summed E-state index contributed by atoms with van der Waals surface area (Å²) in [5, 5.41) is 2.84. The Morgan fingerprint density at radius 2 is 2.07 bits per heavy atom. The molecular weight excluding hydrogens is 389 g/mol. The van der Waals surface area contributed by atoms with Crippen LogP contribution >= 0.6 is 0 Å². The Labute approximate surface area is 173 Å². The fourth-order valence-corrected chi connectivity index (χ4v) is 3.85. The number of ether oxygens (including phenoxy) is 1. The summed E-state index contributed by atoms with van der Waals surface area (Å²) in [6.07, 6.45) is 1.77. The van der Waals surface area contributed by atoms with Crippen LogP contribution in [0.4, 0.5) is 15.8 Å². The second-order valence-corrected chi connectivity index (χ2v) is 7.49. The predicted molar refractivity (Wildman–Crippen MR) is 109 cm³/mol. The SMILES string of the molecule is CN(Cc1ccccc1F)C(=O)COC(=O)c1ccc2c(c1)NC(=O)[C@H]1CCCN21. The van der Waals surface area contributed by atoms with E-state index in [-0.39, 0.29) is 24.1 Å². The first-order valence-corrected chi connectivity index (χ1v) is 9.80. The highest BCUT2D eigenvalue weighted by Crippen LogP contribution is 2.37. The summed E-state index contributed by atoms with van der Waals surface area (Å²) in [6.45, 7) is 0.421. The highest BCUT2D eigenvalue weighted by atomic mass is 19.1. The van der Waals surface area contributed by atoms with Gasteiger partial charge in [-0.25, -0.2) is 9.18 Å². The Kier molecular flexibility index (Phi) is 5.39. The van der Waals surface area contributed by atoms with Gasteiger partial charge >= 0.3 is 5.97 Å². The van der Waals surface area contributed by atoms with Crippen molar-refractivity contribution in [2.75, 3.05) is 30.4 Å². The van der Waals surface area contributed by atoms with E-state index in [4.69, 9.17) is 4.74 Å². The predicted octanol–water partition coefficient (Wildman–Crippen LogP) is 2.56. The quantitative estimate of drug-likeness (QED) is 0.765. The minimum atomic E-state index is -0.664. The van der Waals surface area contributed by atoms with Gasteiger partial charge in [0, 0.05) is 25.7 Å². The average Bonchev–Trinajstić information content (AvgIpc) is 3.24. The number of amides is 2. The van der Waals surface area contributed by atoms with Crippen molar-refractivity contribution in [3.05, 3.63) is 59.4 Å². The van der Waals surface area contributed by atoms with Gasteiger partial charge in [-0.2, -0.15) is 0 Å². The maximum atomic E-state index is 13.7. The van der Waals surface area contributed by atoms with Gasteiger partial charge in [0.1, 0.15) is 11.9 Å². The summed E-state index contributed by atoms with van der Waals surface area (Å²) in [4.78, 5) is 40.2. The van der Waals surface area contributed by atoms with E-state index < -0.39 is 24.3 Å². The van der Waals surface area contributed by atoms with E-state index in [0.29, 0.717) is 11.3 Å². The number of hydrogen-bond donors (Lipinski definition) is 1. The van der Waals surface area contributed by atoms with E-state index in [2.05, 4.69) is 5.32 Å². The number of nitrogens with zero attached hydrogens (tertiary/aromatic N) is 2. The van der Waals surface area contributed by atoms with Crippen molar-refractivity contribution in [1.29, 1.82) is 0 Å². The summed E-state index contributed by atoms with van der Waals surface area (Å²) < 4.78 is 18.9. The van der Waals surface area contributed by atoms with Gasteiger partial charge in [-0.15, -0.1) is 0 Å². The first-order chi connectivity index (χ1) is 14.4. The van der Waals surface area contributed by atoms with Crippen molar-refractivity contribution in [2.45, 2.75) is 25.4 Å². The number of fused-ring (bicyclic) bond motifs is 3. The molecule has 1 atom stereocenters. The molecular formula is C22H22FN3O4. The van der Waals surface area contributed by atoms with Crippen LogP contribution in [0.15, 0.2) is 42.5 Å². The Hall–Kier alpha value is -3.42. The van der Waals surface area contributed by atoms with E-state index in [1.807, 2.05) is 4.90 Å². The Morgan fingerprint density at radius 1 is 1.27 bits per heavy atom. The number of nitrogens with one attached hydrogen (secondary N) is 1. The number of anilines is 2. The van der Waals surface area contributed by atoms with Gasteiger partial charge in [0.05, 0.1) is 16.9 Å². The molecule has 30 heavy (non-hydrogen) atoms. The minimum absolute atomic E-state index is 0.0736. The first kappa shape index (κ1) is 19.9. The van der Waals surface area contributed by atoms with Gasteiger partial charge < -0.3 is 19.9 Å². The number of halogens is 1. The lowest BCUT2D eigenvalue weighted by Crippen LogP contribution is -2.43. The van der Waals surface area contributed by atoms with E-state index in [1.54, 1.807) is 36.4 Å². The van der Waals surface area contributed by atoms with Gasteiger partial charge in [-0.1, -0.05) is 18.2 Å². The number of carbonyl (C=O) groups is 3. The smallest absolute Gasteiger partial charge is 0.338 e. The van der Waals surface area contributed by atoms with Crippen LogP contribution in [0.3, 0.4) is 0 Å². The van der Waals surface area contributed by atoms with Crippen molar-refractivity contribution < 1.29 is 23.5 Å². The average molecular weight is 411 g/mol. The molecule has 7 nitrogen and oxygen atoms in total. The van der Waals surface area contributed by atoms with Crippen LogP contribution in [-0.2, 0) is 20.9 Å². The topological polar surface area (TPSA) is 79.0 Å². The lowest BCUT2D eigenvalue weighted by Gasteiger charge is -2.33. The van der Waals surface area contributed by atoms with Crippen LogP contribution in [0.5, 0.6) is 0 Å². The largest absolute Gasteiger partial charge is 0.452 e. The van der Waals surface area contributed by atoms with Crippen LogP contribution in [-0.4, -0.2) is 48.9 Å². The van der Waals surface area contributed by atoms with Crippen LogP contribution in [0, 0.1) is 5.82 Å². The Bertz CT molecular complexity index is 1010. The monoisotopic (exact) mass is 411 g/mol. The van der Waals surface area contributed by atoms with E-state index in [1.165, 1.54) is 18.0 Å². The van der Waals surface area contributed by atoms with Crippen LogP contribution in [0.1, 0.15) is 28.8 Å². The molecule has 0 aromatic heterocycles. The number of benzene rings is 2.